The third kappa shape index (κ3) is 3.87. The molecule has 1 rings (SSSR count). The van der Waals surface area contributed by atoms with Crippen molar-refractivity contribution in [3.8, 4) is 0 Å². The van der Waals surface area contributed by atoms with Crippen LogP contribution < -0.4 is 16.0 Å². The summed E-state index contributed by atoms with van der Waals surface area (Å²) < 4.78 is 31.4. The van der Waals surface area contributed by atoms with Gasteiger partial charge in [0.05, 0.1) is 16.7 Å². The van der Waals surface area contributed by atoms with Gasteiger partial charge in [0.2, 0.25) is 10.0 Å². The quantitative estimate of drug-likeness (QED) is 0.371. The average molecular weight is 304 g/mol. The van der Waals surface area contributed by atoms with Crippen LogP contribution in [0.15, 0.2) is 23.1 Å². The molecule has 10 heteroatoms. The molecule has 0 saturated heterocycles. The predicted molar refractivity (Wildman–Crippen MR) is 72.6 cm³/mol. The molecule has 1 aromatic carbocycles. The van der Waals surface area contributed by atoms with E-state index in [4.69, 9.17) is 10.6 Å². The fraction of sp³-hybridized carbons (Fsp3) is 0.400. The van der Waals surface area contributed by atoms with Crippen molar-refractivity contribution in [3.63, 3.8) is 0 Å². The van der Waals surface area contributed by atoms with Gasteiger partial charge in [-0.1, -0.05) is 0 Å². The molecular formula is C10H16N4O5S. The number of benzene rings is 1. The van der Waals surface area contributed by atoms with E-state index in [-0.39, 0.29) is 28.9 Å². The second-order valence-corrected chi connectivity index (χ2v) is 5.72. The van der Waals surface area contributed by atoms with Gasteiger partial charge in [0.25, 0.3) is 5.69 Å². The molecule has 1 atom stereocenters. The first-order valence-corrected chi connectivity index (χ1v) is 7.07. The lowest BCUT2D eigenvalue weighted by atomic mass is 10.3. The summed E-state index contributed by atoms with van der Waals surface area (Å²) in [6, 6.07) is 3.26. The van der Waals surface area contributed by atoms with Crippen LogP contribution in [-0.2, 0) is 14.8 Å². The number of ether oxygens (including phenoxy) is 1. The zero-order valence-electron chi connectivity index (χ0n) is 11.0. The van der Waals surface area contributed by atoms with Crippen LogP contribution in [0.5, 0.6) is 0 Å². The number of nitrogens with zero attached hydrogens (tertiary/aromatic N) is 1. The Labute approximate surface area is 116 Å². The maximum atomic E-state index is 12.1. The molecule has 0 spiro atoms. The first-order valence-electron chi connectivity index (χ1n) is 5.59. The minimum absolute atomic E-state index is 0.0585. The number of hydrogen-bond donors (Lipinski definition) is 3. The number of nitrogens with one attached hydrogen (secondary N) is 2. The largest absolute Gasteiger partial charge is 0.380 e. The zero-order valence-corrected chi connectivity index (χ0v) is 11.8. The molecule has 0 heterocycles. The minimum Gasteiger partial charge on any atom is -0.380 e. The molecule has 0 aliphatic carbocycles. The zero-order chi connectivity index (χ0) is 15.3. The number of nitrogens with two attached hydrogens (primary N) is 1. The average Bonchev–Trinajstić information content (AvgIpc) is 2.43. The summed E-state index contributed by atoms with van der Waals surface area (Å²) in [6.07, 6.45) is -0.308. The number of nitrogen functional groups attached to an aromatic ring is 1. The Bertz CT molecular complexity index is 589. The Kier molecular flexibility index (Phi) is 5.39. The number of non-ortho nitro benzene ring substituents is 1. The number of nitro benzene ring substituents is 1. The molecule has 0 aromatic heterocycles. The Morgan fingerprint density at radius 3 is 2.65 bits per heavy atom. The van der Waals surface area contributed by atoms with E-state index in [1.807, 2.05) is 0 Å². The van der Waals surface area contributed by atoms with Crippen molar-refractivity contribution in [2.75, 3.05) is 19.1 Å². The van der Waals surface area contributed by atoms with Gasteiger partial charge in [-0.25, -0.2) is 13.1 Å². The highest BCUT2D eigenvalue weighted by Gasteiger charge is 2.21. The minimum atomic E-state index is -3.85. The summed E-state index contributed by atoms with van der Waals surface area (Å²) in [7, 11) is -2.39. The van der Waals surface area contributed by atoms with Crippen molar-refractivity contribution in [2.24, 2.45) is 5.84 Å². The topological polar surface area (TPSA) is 137 Å². The highest BCUT2D eigenvalue weighted by atomic mass is 32.2. The summed E-state index contributed by atoms with van der Waals surface area (Å²) >= 11 is 0. The molecular weight excluding hydrogens is 288 g/mol. The molecule has 0 bridgehead atoms. The van der Waals surface area contributed by atoms with Crippen molar-refractivity contribution >= 4 is 21.4 Å². The maximum absolute atomic E-state index is 12.1. The number of anilines is 1. The van der Waals surface area contributed by atoms with Crippen LogP contribution >= 0.6 is 0 Å². The highest BCUT2D eigenvalue weighted by molar-refractivity contribution is 7.89. The van der Waals surface area contributed by atoms with Gasteiger partial charge in [-0.2, -0.15) is 0 Å². The molecule has 9 nitrogen and oxygen atoms in total. The maximum Gasteiger partial charge on any atom is 0.271 e. The molecule has 0 fully saturated rings. The predicted octanol–water partition coefficient (Wildman–Crippen LogP) is 0.194. The van der Waals surface area contributed by atoms with E-state index in [1.165, 1.54) is 7.11 Å². The lowest BCUT2D eigenvalue weighted by Gasteiger charge is -2.13. The van der Waals surface area contributed by atoms with Crippen LogP contribution in [0.2, 0.25) is 0 Å². The summed E-state index contributed by atoms with van der Waals surface area (Å²) in [5.41, 5.74) is 1.82. The summed E-state index contributed by atoms with van der Waals surface area (Å²) in [6.45, 7) is 1.76. The van der Waals surface area contributed by atoms with Gasteiger partial charge >= 0.3 is 0 Å². The lowest BCUT2D eigenvalue weighted by molar-refractivity contribution is -0.384. The Balaban J connectivity index is 3.08. The van der Waals surface area contributed by atoms with E-state index >= 15 is 0 Å². The summed E-state index contributed by atoms with van der Waals surface area (Å²) in [5, 5.41) is 10.6. The molecule has 1 aromatic rings. The molecule has 0 amide bonds. The van der Waals surface area contributed by atoms with Crippen molar-refractivity contribution < 1.29 is 18.1 Å². The number of hydrogen-bond acceptors (Lipinski definition) is 7. The van der Waals surface area contributed by atoms with Gasteiger partial charge < -0.3 is 10.2 Å². The van der Waals surface area contributed by atoms with Crippen LogP contribution in [0.4, 0.5) is 11.4 Å². The molecule has 1 unspecified atom stereocenters. The SMILES string of the molecule is COC(C)CNS(=O)(=O)c1ccc([N+](=O)[O-])cc1NN. The normalized spacial score (nSPS) is 12.9. The van der Waals surface area contributed by atoms with Gasteiger partial charge in [0, 0.05) is 25.8 Å². The molecule has 0 saturated carbocycles. The highest BCUT2D eigenvalue weighted by Crippen LogP contribution is 2.25. The number of sulfonamides is 1. The number of rotatable bonds is 7. The van der Waals surface area contributed by atoms with Crippen molar-refractivity contribution in [3.05, 3.63) is 28.3 Å². The van der Waals surface area contributed by atoms with Gasteiger partial charge in [0.1, 0.15) is 4.90 Å². The fourth-order valence-electron chi connectivity index (χ4n) is 1.37. The molecule has 20 heavy (non-hydrogen) atoms. The van der Waals surface area contributed by atoms with Crippen LogP contribution in [0, 0.1) is 10.1 Å². The second kappa shape index (κ2) is 6.61. The van der Waals surface area contributed by atoms with Gasteiger partial charge in [-0.15, -0.1) is 0 Å². The standard InChI is InChI=1S/C10H16N4O5S/c1-7(19-2)6-12-20(17,18)10-4-3-8(14(15)16)5-9(10)13-11/h3-5,7,12-13H,6,11H2,1-2H3. The molecule has 0 radical (unpaired) electrons. The second-order valence-electron chi connectivity index (χ2n) is 3.98. The molecule has 112 valence electrons. The van der Waals surface area contributed by atoms with E-state index in [0.29, 0.717) is 0 Å². The van der Waals surface area contributed by atoms with Crippen molar-refractivity contribution in [1.82, 2.24) is 4.72 Å². The number of hydrazine groups is 1. The van der Waals surface area contributed by atoms with Crippen molar-refractivity contribution in [1.29, 1.82) is 0 Å². The van der Waals surface area contributed by atoms with Crippen LogP contribution in [0.25, 0.3) is 0 Å². The van der Waals surface area contributed by atoms with Gasteiger partial charge in [-0.05, 0) is 13.0 Å². The first kappa shape index (κ1) is 16.3. The van der Waals surface area contributed by atoms with Gasteiger partial charge in [-0.3, -0.25) is 16.0 Å². The third-order valence-corrected chi connectivity index (χ3v) is 4.06. The third-order valence-electron chi connectivity index (χ3n) is 2.58. The Morgan fingerprint density at radius 1 is 1.50 bits per heavy atom. The summed E-state index contributed by atoms with van der Waals surface area (Å²) in [5.74, 6) is 5.21. The lowest BCUT2D eigenvalue weighted by Crippen LogP contribution is -2.32. The molecule has 0 aliphatic rings. The Hall–Kier alpha value is -1.75. The summed E-state index contributed by atoms with van der Waals surface area (Å²) in [4.78, 5) is 9.83. The Morgan fingerprint density at radius 2 is 2.15 bits per heavy atom. The monoisotopic (exact) mass is 304 g/mol. The van der Waals surface area contributed by atoms with Crippen LogP contribution in [0.1, 0.15) is 6.92 Å². The number of methoxy groups -OCH3 is 1. The molecule has 4 N–H and O–H groups in total. The smallest absolute Gasteiger partial charge is 0.271 e. The molecule has 0 aliphatic heterocycles. The van der Waals surface area contributed by atoms with Crippen molar-refractivity contribution in [2.45, 2.75) is 17.9 Å². The van der Waals surface area contributed by atoms with E-state index < -0.39 is 14.9 Å². The van der Waals surface area contributed by atoms with E-state index in [9.17, 15) is 18.5 Å². The van der Waals surface area contributed by atoms with Gasteiger partial charge in [0.15, 0.2) is 0 Å². The number of nitro groups is 1. The van der Waals surface area contributed by atoms with Crippen LogP contribution in [0.3, 0.4) is 0 Å². The first-order chi connectivity index (χ1) is 9.31. The van der Waals surface area contributed by atoms with Crippen LogP contribution in [-0.4, -0.2) is 33.1 Å². The fourth-order valence-corrected chi connectivity index (χ4v) is 2.63. The van der Waals surface area contributed by atoms with E-state index in [2.05, 4.69) is 10.1 Å². The van der Waals surface area contributed by atoms with E-state index in [0.717, 1.165) is 18.2 Å². The van der Waals surface area contributed by atoms with E-state index in [1.54, 1.807) is 6.92 Å².